The summed E-state index contributed by atoms with van der Waals surface area (Å²) in [6.07, 6.45) is 1.58. The lowest BCUT2D eigenvalue weighted by Crippen LogP contribution is -2.42. The Hall–Kier alpha value is -3.65. The van der Waals surface area contributed by atoms with Crippen LogP contribution in [0.1, 0.15) is 67.4 Å². The maximum atomic E-state index is 13.3. The van der Waals surface area contributed by atoms with Gasteiger partial charge in [0, 0.05) is 41.7 Å². The molecule has 9 heteroatoms. The van der Waals surface area contributed by atoms with Crippen LogP contribution in [0.2, 0.25) is 5.02 Å². The average molecular weight is 567 g/mol. The van der Waals surface area contributed by atoms with E-state index in [4.69, 9.17) is 21.1 Å². The summed E-state index contributed by atoms with van der Waals surface area (Å²) in [4.78, 5) is 55.0. The number of carbonyl (C=O) groups excluding carboxylic acids is 4. The number of esters is 2. The van der Waals surface area contributed by atoms with Crippen LogP contribution in [0.4, 0.5) is 0 Å². The summed E-state index contributed by atoms with van der Waals surface area (Å²) in [5, 5.41) is 0.576. The van der Waals surface area contributed by atoms with E-state index in [1.165, 1.54) is 0 Å². The molecule has 4 rings (SSSR count). The summed E-state index contributed by atoms with van der Waals surface area (Å²) in [7, 11) is 0. The third-order valence-electron chi connectivity index (χ3n) is 7.46. The first-order chi connectivity index (χ1) is 19.2. The quantitative estimate of drug-likeness (QED) is 0.412. The number of hydrogen-bond acceptors (Lipinski definition) is 6. The Bertz CT molecular complexity index is 1290. The molecule has 0 spiro atoms. The maximum Gasteiger partial charge on any atom is 0.336 e. The number of allylic oxidation sites excluding steroid dienone is 1. The summed E-state index contributed by atoms with van der Waals surface area (Å²) in [6, 6.07) is 14.3. The molecule has 0 bridgehead atoms. The van der Waals surface area contributed by atoms with Crippen LogP contribution < -0.4 is 0 Å². The lowest BCUT2D eigenvalue weighted by Gasteiger charge is -2.34. The second-order valence-electron chi connectivity index (χ2n) is 10.0. The van der Waals surface area contributed by atoms with Gasteiger partial charge < -0.3 is 19.3 Å². The SMILES string of the molecule is CCOC(=O)C1=C(C)N(Cc2ccc(C(=O)N3CCCC(C(=O)OCC)C3)cc2)C(=O)CC1c1ccc(Cl)cc1. The highest BCUT2D eigenvalue weighted by atomic mass is 35.5. The first kappa shape index (κ1) is 29.3. The number of piperidine rings is 1. The minimum atomic E-state index is -0.443. The Balaban J connectivity index is 1.52. The number of likely N-dealkylation sites (tertiary alicyclic amines) is 1. The number of ether oxygens (including phenoxy) is 2. The minimum Gasteiger partial charge on any atom is -0.466 e. The molecule has 1 fully saturated rings. The minimum absolute atomic E-state index is 0.107. The molecule has 8 nitrogen and oxygen atoms in total. The molecule has 2 atom stereocenters. The molecule has 2 unspecified atom stereocenters. The van der Waals surface area contributed by atoms with Gasteiger partial charge in [-0.15, -0.1) is 0 Å². The molecule has 0 aromatic heterocycles. The van der Waals surface area contributed by atoms with Gasteiger partial charge in [-0.05, 0) is 69.0 Å². The van der Waals surface area contributed by atoms with Gasteiger partial charge in [0.15, 0.2) is 0 Å². The molecule has 2 heterocycles. The van der Waals surface area contributed by atoms with E-state index in [1.807, 2.05) is 24.3 Å². The van der Waals surface area contributed by atoms with Crippen molar-refractivity contribution in [3.05, 3.63) is 81.5 Å². The van der Waals surface area contributed by atoms with Crippen molar-refractivity contribution in [1.82, 2.24) is 9.80 Å². The maximum absolute atomic E-state index is 13.3. The van der Waals surface area contributed by atoms with Crippen molar-refractivity contribution < 1.29 is 28.7 Å². The second-order valence-corrected chi connectivity index (χ2v) is 10.5. The van der Waals surface area contributed by atoms with Gasteiger partial charge in [0.1, 0.15) is 0 Å². The van der Waals surface area contributed by atoms with Crippen LogP contribution in [0.15, 0.2) is 59.8 Å². The first-order valence-corrected chi connectivity index (χ1v) is 14.1. The zero-order valence-electron chi connectivity index (χ0n) is 23.2. The molecule has 2 aromatic carbocycles. The van der Waals surface area contributed by atoms with E-state index in [9.17, 15) is 19.2 Å². The third-order valence-corrected chi connectivity index (χ3v) is 7.71. The van der Waals surface area contributed by atoms with Crippen LogP contribution in [0, 0.1) is 5.92 Å². The van der Waals surface area contributed by atoms with Crippen LogP contribution in [0.5, 0.6) is 0 Å². The highest BCUT2D eigenvalue weighted by Gasteiger charge is 2.37. The number of nitrogens with zero attached hydrogens (tertiary/aromatic N) is 2. The smallest absolute Gasteiger partial charge is 0.336 e. The average Bonchev–Trinajstić information content (AvgIpc) is 2.95. The molecular weight excluding hydrogens is 532 g/mol. The van der Waals surface area contributed by atoms with Crippen molar-refractivity contribution in [3.8, 4) is 0 Å². The van der Waals surface area contributed by atoms with Crippen molar-refractivity contribution in [3.63, 3.8) is 0 Å². The van der Waals surface area contributed by atoms with Crippen molar-refractivity contribution in [2.24, 2.45) is 5.92 Å². The number of amides is 2. The molecule has 2 aliphatic heterocycles. The zero-order chi connectivity index (χ0) is 28.8. The Morgan fingerprint density at radius 1 is 0.975 bits per heavy atom. The Kier molecular flexibility index (Phi) is 9.63. The van der Waals surface area contributed by atoms with Crippen LogP contribution in [0.3, 0.4) is 0 Å². The lowest BCUT2D eigenvalue weighted by molar-refractivity contribution is -0.149. The molecule has 2 aromatic rings. The van der Waals surface area contributed by atoms with Gasteiger partial charge in [0.2, 0.25) is 5.91 Å². The van der Waals surface area contributed by atoms with Gasteiger partial charge in [0.05, 0.1) is 31.2 Å². The highest BCUT2D eigenvalue weighted by molar-refractivity contribution is 6.30. The van der Waals surface area contributed by atoms with E-state index >= 15 is 0 Å². The van der Waals surface area contributed by atoms with Gasteiger partial charge in [0.25, 0.3) is 5.91 Å². The number of carbonyl (C=O) groups is 4. The van der Waals surface area contributed by atoms with Gasteiger partial charge in [-0.2, -0.15) is 0 Å². The fourth-order valence-corrected chi connectivity index (χ4v) is 5.51. The van der Waals surface area contributed by atoms with Crippen molar-refractivity contribution in [2.45, 2.75) is 52.5 Å². The topological polar surface area (TPSA) is 93.2 Å². The van der Waals surface area contributed by atoms with E-state index in [0.717, 1.165) is 17.5 Å². The predicted molar refractivity (Wildman–Crippen MR) is 150 cm³/mol. The van der Waals surface area contributed by atoms with E-state index in [0.29, 0.717) is 48.0 Å². The third kappa shape index (κ3) is 6.55. The van der Waals surface area contributed by atoms with Gasteiger partial charge >= 0.3 is 11.9 Å². The fraction of sp³-hybridized carbons (Fsp3) is 0.419. The number of rotatable bonds is 8. The molecular formula is C31H35ClN2O6. The molecule has 2 aliphatic rings. The number of benzene rings is 2. The van der Waals surface area contributed by atoms with Gasteiger partial charge in [-0.1, -0.05) is 35.9 Å². The fourth-order valence-electron chi connectivity index (χ4n) is 5.39. The molecule has 0 N–H and O–H groups in total. The van der Waals surface area contributed by atoms with Crippen LogP contribution >= 0.6 is 11.6 Å². The molecule has 0 aliphatic carbocycles. The van der Waals surface area contributed by atoms with E-state index in [-0.39, 0.29) is 43.3 Å². The number of halogens is 1. The Morgan fingerprint density at radius 2 is 1.65 bits per heavy atom. The summed E-state index contributed by atoms with van der Waals surface area (Å²) in [5.74, 6) is -1.68. The molecule has 40 heavy (non-hydrogen) atoms. The van der Waals surface area contributed by atoms with E-state index in [2.05, 4.69) is 0 Å². The van der Waals surface area contributed by atoms with Crippen molar-refractivity contribution in [1.29, 1.82) is 0 Å². The normalized spacial score (nSPS) is 19.4. The van der Waals surface area contributed by atoms with Gasteiger partial charge in [-0.25, -0.2) is 4.79 Å². The Labute approximate surface area is 239 Å². The summed E-state index contributed by atoms with van der Waals surface area (Å²) in [5.41, 5.74) is 3.16. The summed E-state index contributed by atoms with van der Waals surface area (Å²) >= 11 is 6.05. The largest absolute Gasteiger partial charge is 0.466 e. The first-order valence-electron chi connectivity index (χ1n) is 13.7. The molecule has 1 saturated heterocycles. The van der Waals surface area contributed by atoms with Crippen LogP contribution in [0.25, 0.3) is 0 Å². The van der Waals surface area contributed by atoms with Crippen molar-refractivity contribution in [2.75, 3.05) is 26.3 Å². The molecule has 212 valence electrons. The molecule has 2 amide bonds. The van der Waals surface area contributed by atoms with E-state index in [1.54, 1.807) is 54.8 Å². The molecule has 0 radical (unpaired) electrons. The van der Waals surface area contributed by atoms with Gasteiger partial charge in [-0.3, -0.25) is 14.4 Å². The monoisotopic (exact) mass is 566 g/mol. The number of hydrogen-bond donors (Lipinski definition) is 0. The lowest BCUT2D eigenvalue weighted by atomic mass is 9.83. The molecule has 0 saturated carbocycles. The zero-order valence-corrected chi connectivity index (χ0v) is 23.9. The Morgan fingerprint density at radius 3 is 2.30 bits per heavy atom. The second kappa shape index (κ2) is 13.1. The summed E-state index contributed by atoms with van der Waals surface area (Å²) < 4.78 is 10.5. The predicted octanol–water partition coefficient (Wildman–Crippen LogP) is 5.11. The van der Waals surface area contributed by atoms with E-state index < -0.39 is 11.9 Å². The standard InChI is InChI=1S/C31H35ClN2O6/c1-4-39-30(37)24-7-6-16-33(19-24)29(36)23-10-8-21(9-11-23)18-34-20(3)28(31(38)40-5-2)26(17-27(34)35)22-12-14-25(32)15-13-22/h8-15,24,26H,4-7,16-19H2,1-3H3. The highest BCUT2D eigenvalue weighted by Crippen LogP contribution is 2.38. The summed E-state index contributed by atoms with van der Waals surface area (Å²) in [6.45, 7) is 7.03. The van der Waals surface area contributed by atoms with Crippen LogP contribution in [-0.2, 0) is 30.4 Å². The van der Waals surface area contributed by atoms with Crippen LogP contribution in [-0.4, -0.2) is 59.9 Å². The van der Waals surface area contributed by atoms with Crippen molar-refractivity contribution >= 4 is 35.4 Å².